The Labute approximate surface area is 195 Å². The smallest absolute Gasteiger partial charge is 0.203 e. The van der Waals surface area contributed by atoms with Gasteiger partial charge >= 0.3 is 0 Å². The third-order valence-electron chi connectivity index (χ3n) is 4.87. The Morgan fingerprint density at radius 1 is 1.00 bits per heavy atom. The first-order chi connectivity index (χ1) is 15.5. The predicted octanol–water partition coefficient (Wildman–Crippen LogP) is 4.43. The zero-order valence-electron chi connectivity index (χ0n) is 17.8. The third-order valence-corrected chi connectivity index (χ3v) is 5.96. The molecule has 0 bridgehead atoms. The molecular weight excluding hydrogens is 450 g/mol. The van der Waals surface area contributed by atoms with Crippen LogP contribution in [-0.4, -0.2) is 40.8 Å². The fraction of sp³-hybridized carbons (Fsp3) is 0.227. The van der Waals surface area contributed by atoms with Crippen LogP contribution in [0.4, 0.5) is 5.82 Å². The lowest BCUT2D eigenvalue weighted by Gasteiger charge is -2.13. The van der Waals surface area contributed by atoms with Gasteiger partial charge in [0.2, 0.25) is 5.75 Å². The first-order valence-corrected chi connectivity index (χ1v) is 10.9. The molecule has 0 fully saturated rings. The highest BCUT2D eigenvalue weighted by molar-refractivity contribution is 7.99. The van der Waals surface area contributed by atoms with Gasteiger partial charge in [-0.05, 0) is 48.0 Å². The molecule has 0 saturated carbocycles. The number of halogens is 1. The molecule has 2 heterocycles. The molecule has 166 valence electrons. The number of nitrogens with two attached hydrogens (primary N) is 1. The van der Waals surface area contributed by atoms with E-state index in [2.05, 4.69) is 9.97 Å². The molecule has 10 heteroatoms. The van der Waals surface area contributed by atoms with Crippen molar-refractivity contribution in [3.8, 4) is 28.8 Å². The van der Waals surface area contributed by atoms with Crippen molar-refractivity contribution in [2.75, 3.05) is 27.1 Å². The van der Waals surface area contributed by atoms with Crippen LogP contribution in [0.15, 0.2) is 52.8 Å². The molecule has 32 heavy (non-hydrogen) atoms. The number of anilines is 1. The molecule has 2 N–H and O–H groups in total. The van der Waals surface area contributed by atoms with Crippen molar-refractivity contribution in [1.82, 2.24) is 19.5 Å². The highest BCUT2D eigenvalue weighted by Gasteiger charge is 2.21. The van der Waals surface area contributed by atoms with Crippen molar-refractivity contribution in [2.24, 2.45) is 0 Å². The number of hydrogen-bond donors (Lipinski definition) is 1. The molecule has 0 radical (unpaired) electrons. The van der Waals surface area contributed by atoms with E-state index >= 15 is 0 Å². The molecule has 2 aromatic rings. The molecule has 0 aliphatic carbocycles. The molecule has 2 aromatic carbocycles. The minimum absolute atomic E-state index is 0.340. The van der Waals surface area contributed by atoms with Crippen LogP contribution in [0, 0.1) is 0 Å². The zero-order valence-corrected chi connectivity index (χ0v) is 19.4. The monoisotopic (exact) mass is 471 g/mol. The van der Waals surface area contributed by atoms with Crippen molar-refractivity contribution in [2.45, 2.75) is 23.0 Å². The summed E-state index contributed by atoms with van der Waals surface area (Å²) in [7, 11) is 4.73. The Morgan fingerprint density at radius 3 is 2.31 bits per heavy atom. The lowest BCUT2D eigenvalue weighted by Crippen LogP contribution is -2.09. The number of imidazole rings is 1. The second kappa shape index (κ2) is 9.54. The van der Waals surface area contributed by atoms with E-state index in [4.69, 9.17) is 36.5 Å². The molecule has 0 unspecified atom stereocenters. The van der Waals surface area contributed by atoms with Crippen molar-refractivity contribution in [3.63, 3.8) is 0 Å². The summed E-state index contributed by atoms with van der Waals surface area (Å²) in [5, 5.41) is 1.27. The van der Waals surface area contributed by atoms with E-state index in [1.807, 2.05) is 41.0 Å². The van der Waals surface area contributed by atoms with E-state index in [1.54, 1.807) is 27.7 Å². The average molecular weight is 472 g/mol. The van der Waals surface area contributed by atoms with Crippen LogP contribution >= 0.6 is 23.4 Å². The maximum Gasteiger partial charge on any atom is 0.203 e. The Bertz CT molecular complexity index is 1170. The fourth-order valence-corrected chi connectivity index (χ4v) is 4.20. The fourth-order valence-electron chi connectivity index (χ4n) is 3.27. The number of nitrogens with zero attached hydrogens (tertiary/aromatic N) is 4. The summed E-state index contributed by atoms with van der Waals surface area (Å²) in [6.45, 7) is 0.679. The number of aryl methyl sites for hydroxylation is 2. The third kappa shape index (κ3) is 4.53. The zero-order chi connectivity index (χ0) is 22.7. The van der Waals surface area contributed by atoms with Crippen LogP contribution in [0.2, 0.25) is 5.02 Å². The van der Waals surface area contributed by atoms with Gasteiger partial charge < -0.3 is 24.5 Å². The summed E-state index contributed by atoms with van der Waals surface area (Å²) < 4.78 is 18.2. The van der Waals surface area contributed by atoms with Gasteiger partial charge in [-0.1, -0.05) is 23.7 Å². The lowest BCUT2D eigenvalue weighted by molar-refractivity contribution is 0.323. The molecule has 0 amide bonds. The molecule has 0 atom stereocenters. The summed E-state index contributed by atoms with van der Waals surface area (Å²) in [6.07, 6.45) is 2.49. The molecule has 0 saturated heterocycles. The number of ether oxygens (including phenoxy) is 3. The Kier molecular flexibility index (Phi) is 6.57. The van der Waals surface area contributed by atoms with Crippen molar-refractivity contribution in [1.29, 1.82) is 0 Å². The number of benzene rings is 2. The number of rotatable bonds is 8. The highest BCUT2D eigenvalue weighted by Crippen LogP contribution is 2.42. The maximum absolute atomic E-state index is 6.08. The normalized spacial score (nSPS) is 11.0. The van der Waals surface area contributed by atoms with Gasteiger partial charge in [0.15, 0.2) is 34.0 Å². The highest BCUT2D eigenvalue weighted by atomic mass is 35.5. The predicted molar refractivity (Wildman–Crippen MR) is 124 cm³/mol. The Morgan fingerprint density at radius 2 is 1.69 bits per heavy atom. The van der Waals surface area contributed by atoms with Crippen LogP contribution in [-0.2, 0) is 13.0 Å². The minimum atomic E-state index is 0.340. The van der Waals surface area contributed by atoms with E-state index in [1.165, 1.54) is 17.3 Å². The second-order valence-electron chi connectivity index (χ2n) is 6.84. The van der Waals surface area contributed by atoms with Gasteiger partial charge in [0.05, 0.1) is 27.7 Å². The van der Waals surface area contributed by atoms with Crippen molar-refractivity contribution in [3.05, 3.63) is 53.3 Å². The lowest BCUT2D eigenvalue weighted by atomic mass is 10.1. The summed E-state index contributed by atoms with van der Waals surface area (Å²) in [5.41, 5.74) is 7.81. The first-order valence-electron chi connectivity index (χ1n) is 9.73. The second-order valence-corrected chi connectivity index (χ2v) is 8.32. The van der Waals surface area contributed by atoms with Crippen LogP contribution < -0.4 is 19.9 Å². The standard InChI is InChI=1S/C22H22ClN5O3S/c1-29-16-10-15(11-17(30-2)19(16)31-3)32-22-26-18-20(24)25-12-28(21(18)27-22)9-8-13-4-6-14(23)7-5-13/h4-7,10-12H,8-9,24H2,1-3H3. The largest absolute Gasteiger partial charge is 0.493 e. The summed E-state index contributed by atoms with van der Waals surface area (Å²) in [4.78, 5) is 14.4. The average Bonchev–Trinajstić information content (AvgIpc) is 3.23. The maximum atomic E-state index is 6.08. The molecule has 4 rings (SSSR count). The summed E-state index contributed by atoms with van der Waals surface area (Å²) in [6, 6.07) is 11.5. The Balaban J connectivity index is 1.62. The van der Waals surface area contributed by atoms with Gasteiger partial charge in [-0.2, -0.15) is 0 Å². The minimum Gasteiger partial charge on any atom is -0.493 e. The van der Waals surface area contributed by atoms with Gasteiger partial charge in [0, 0.05) is 16.5 Å². The van der Waals surface area contributed by atoms with E-state index < -0.39 is 0 Å². The molecule has 0 spiro atoms. The van der Waals surface area contributed by atoms with E-state index in [0.29, 0.717) is 51.3 Å². The molecule has 8 nitrogen and oxygen atoms in total. The van der Waals surface area contributed by atoms with Gasteiger partial charge in [-0.15, -0.1) is 0 Å². The summed E-state index contributed by atoms with van der Waals surface area (Å²) >= 11 is 7.35. The molecular formula is C22H22ClN5O3S. The number of aromatic nitrogens is 4. The van der Waals surface area contributed by atoms with Crippen LogP contribution in [0.5, 0.6) is 17.2 Å². The van der Waals surface area contributed by atoms with Crippen LogP contribution in [0.3, 0.4) is 0 Å². The quantitative estimate of drug-likeness (QED) is 0.403. The first kappa shape index (κ1) is 22.0. The van der Waals surface area contributed by atoms with Gasteiger partial charge in [0.25, 0.3) is 0 Å². The van der Waals surface area contributed by atoms with Crippen molar-refractivity contribution >= 4 is 29.2 Å². The van der Waals surface area contributed by atoms with Crippen LogP contribution in [0.25, 0.3) is 11.5 Å². The number of hydrogen-bond acceptors (Lipinski definition) is 8. The number of fused-ring (bicyclic) bond motifs is 1. The van der Waals surface area contributed by atoms with Crippen molar-refractivity contribution < 1.29 is 14.2 Å². The molecule has 2 aliphatic heterocycles. The molecule has 0 aromatic heterocycles. The van der Waals surface area contributed by atoms with Gasteiger partial charge in [-0.25, -0.2) is 15.0 Å². The van der Waals surface area contributed by atoms with Crippen LogP contribution in [0.1, 0.15) is 5.56 Å². The summed E-state index contributed by atoms with van der Waals surface area (Å²) in [5.74, 6) is 2.67. The van der Waals surface area contributed by atoms with E-state index in [0.717, 1.165) is 11.3 Å². The van der Waals surface area contributed by atoms with Gasteiger partial charge in [-0.3, -0.25) is 0 Å². The Hall–Kier alpha value is -3.17. The SMILES string of the molecule is COc1cc(Sc2nc3c(N)ncn(CCc4ccc(Cl)cc4)c-3n2)cc(OC)c1OC. The van der Waals surface area contributed by atoms with Gasteiger partial charge in [0.1, 0.15) is 0 Å². The number of methoxy groups -OCH3 is 3. The number of nitrogen functional groups attached to an aromatic ring is 1. The van der Waals surface area contributed by atoms with E-state index in [-0.39, 0.29) is 0 Å². The molecule has 2 aliphatic rings. The van der Waals surface area contributed by atoms with E-state index in [9.17, 15) is 0 Å². The topological polar surface area (TPSA) is 97.3 Å².